The third kappa shape index (κ3) is 2.96. The van der Waals surface area contributed by atoms with Crippen molar-refractivity contribution in [3.8, 4) is 11.1 Å². The van der Waals surface area contributed by atoms with Crippen LogP contribution in [0, 0.1) is 0 Å². The highest BCUT2D eigenvalue weighted by atomic mass is 16.5. The lowest BCUT2D eigenvalue weighted by atomic mass is 9.98. The van der Waals surface area contributed by atoms with Crippen LogP contribution in [-0.4, -0.2) is 23.9 Å². The van der Waals surface area contributed by atoms with Crippen LogP contribution in [0.15, 0.2) is 24.3 Å². The highest BCUT2D eigenvalue weighted by Gasteiger charge is 2.13. The number of anilines is 1. The summed E-state index contributed by atoms with van der Waals surface area (Å²) in [7, 11) is 1.69. The molecule has 0 radical (unpaired) electrons. The summed E-state index contributed by atoms with van der Waals surface area (Å²) >= 11 is 0. The molecule has 1 aromatic carbocycles. The monoisotopic (exact) mass is 259 g/mol. The second kappa shape index (κ2) is 5.89. The summed E-state index contributed by atoms with van der Waals surface area (Å²) in [6, 6.07) is 8.50. The van der Waals surface area contributed by atoms with Crippen molar-refractivity contribution in [2.24, 2.45) is 0 Å². The van der Waals surface area contributed by atoms with E-state index in [4.69, 9.17) is 10.5 Å². The maximum Gasteiger partial charge on any atom is 0.153 e. The van der Waals surface area contributed by atoms with Crippen molar-refractivity contribution in [3.63, 3.8) is 0 Å². The molecule has 0 amide bonds. The summed E-state index contributed by atoms with van der Waals surface area (Å²) in [5.74, 6) is 1.08. The molecular formula is C15H21N3O. The molecule has 19 heavy (non-hydrogen) atoms. The number of nitrogen functional groups attached to an aromatic ring is 1. The Bertz CT molecular complexity index is 529. The third-order valence-corrected chi connectivity index (χ3v) is 3.29. The number of aromatic amines is 1. The number of nitrogens with one attached hydrogen (secondary N) is 1. The van der Waals surface area contributed by atoms with Gasteiger partial charge in [0.2, 0.25) is 0 Å². The lowest BCUT2D eigenvalue weighted by Gasteiger charge is -2.08. The van der Waals surface area contributed by atoms with Crippen LogP contribution < -0.4 is 5.73 Å². The van der Waals surface area contributed by atoms with Gasteiger partial charge < -0.3 is 10.5 Å². The highest BCUT2D eigenvalue weighted by molar-refractivity contribution is 5.76. The molecule has 0 fully saturated rings. The number of rotatable bonds is 5. The van der Waals surface area contributed by atoms with E-state index in [0.29, 0.717) is 18.3 Å². The number of nitrogens with zero attached hydrogens (tertiary/aromatic N) is 1. The molecule has 3 N–H and O–H groups in total. The smallest absolute Gasteiger partial charge is 0.153 e. The van der Waals surface area contributed by atoms with E-state index in [1.807, 2.05) is 0 Å². The fourth-order valence-electron chi connectivity index (χ4n) is 2.14. The largest absolute Gasteiger partial charge is 0.384 e. The third-order valence-electron chi connectivity index (χ3n) is 3.29. The van der Waals surface area contributed by atoms with E-state index in [2.05, 4.69) is 48.3 Å². The van der Waals surface area contributed by atoms with Crippen molar-refractivity contribution in [1.29, 1.82) is 0 Å². The molecule has 4 nitrogen and oxygen atoms in total. The minimum Gasteiger partial charge on any atom is -0.384 e. The van der Waals surface area contributed by atoms with Crippen LogP contribution in [0.4, 0.5) is 5.82 Å². The maximum absolute atomic E-state index is 5.96. The number of hydrogen-bond donors (Lipinski definition) is 2. The standard InChI is InChI=1S/C15H21N3O/c1-10(2)11-4-6-12(7-5-11)14-13(8-9-19-3)17-18-15(14)16/h4-7,10H,8-9H2,1-3H3,(H3,16,17,18). The summed E-state index contributed by atoms with van der Waals surface area (Å²) in [4.78, 5) is 0. The molecular weight excluding hydrogens is 238 g/mol. The minimum atomic E-state index is 0.531. The molecule has 0 saturated carbocycles. The number of hydrogen-bond acceptors (Lipinski definition) is 3. The van der Waals surface area contributed by atoms with Gasteiger partial charge in [-0.15, -0.1) is 0 Å². The Morgan fingerprint density at radius 1 is 1.26 bits per heavy atom. The fourth-order valence-corrected chi connectivity index (χ4v) is 2.14. The van der Waals surface area contributed by atoms with E-state index in [1.165, 1.54) is 5.56 Å². The van der Waals surface area contributed by atoms with E-state index < -0.39 is 0 Å². The van der Waals surface area contributed by atoms with Gasteiger partial charge in [0.25, 0.3) is 0 Å². The molecule has 0 unspecified atom stereocenters. The first-order valence-electron chi connectivity index (χ1n) is 6.55. The van der Waals surface area contributed by atoms with Crippen molar-refractivity contribution in [1.82, 2.24) is 10.2 Å². The Balaban J connectivity index is 2.32. The molecule has 0 bridgehead atoms. The van der Waals surface area contributed by atoms with Gasteiger partial charge in [0.15, 0.2) is 5.82 Å². The molecule has 0 atom stereocenters. The fraction of sp³-hybridized carbons (Fsp3) is 0.400. The molecule has 2 rings (SSSR count). The van der Waals surface area contributed by atoms with E-state index in [0.717, 1.165) is 23.2 Å². The number of benzene rings is 1. The Hall–Kier alpha value is -1.81. The molecule has 0 spiro atoms. The van der Waals surface area contributed by atoms with Gasteiger partial charge in [-0.2, -0.15) is 5.10 Å². The van der Waals surface area contributed by atoms with Crippen molar-refractivity contribution in [3.05, 3.63) is 35.5 Å². The van der Waals surface area contributed by atoms with Gasteiger partial charge in [0, 0.05) is 24.8 Å². The van der Waals surface area contributed by atoms with Crippen molar-refractivity contribution >= 4 is 5.82 Å². The van der Waals surface area contributed by atoms with Crippen LogP contribution in [-0.2, 0) is 11.2 Å². The van der Waals surface area contributed by atoms with Gasteiger partial charge in [-0.25, -0.2) is 0 Å². The van der Waals surface area contributed by atoms with Gasteiger partial charge >= 0.3 is 0 Å². The zero-order chi connectivity index (χ0) is 13.8. The second-order valence-corrected chi connectivity index (χ2v) is 4.98. The first-order valence-corrected chi connectivity index (χ1v) is 6.55. The summed E-state index contributed by atoms with van der Waals surface area (Å²) in [5.41, 5.74) is 10.4. The average Bonchev–Trinajstić information content (AvgIpc) is 2.77. The lowest BCUT2D eigenvalue weighted by molar-refractivity contribution is 0.201. The van der Waals surface area contributed by atoms with Crippen LogP contribution in [0.2, 0.25) is 0 Å². The molecule has 0 saturated heterocycles. The van der Waals surface area contributed by atoms with Crippen molar-refractivity contribution in [2.45, 2.75) is 26.2 Å². The van der Waals surface area contributed by atoms with Crippen LogP contribution in [0.3, 0.4) is 0 Å². The summed E-state index contributed by atoms with van der Waals surface area (Å²) in [6.07, 6.45) is 0.780. The Kier molecular flexibility index (Phi) is 4.22. The van der Waals surface area contributed by atoms with E-state index in [1.54, 1.807) is 7.11 Å². The first kappa shape index (κ1) is 13.6. The average molecular weight is 259 g/mol. The predicted molar refractivity (Wildman–Crippen MR) is 78.1 cm³/mol. The first-order chi connectivity index (χ1) is 9.13. The summed E-state index contributed by atoms with van der Waals surface area (Å²) < 4.78 is 5.11. The zero-order valence-electron chi connectivity index (χ0n) is 11.7. The number of methoxy groups -OCH3 is 1. The van der Waals surface area contributed by atoms with Gasteiger partial charge in [0.05, 0.1) is 6.61 Å². The zero-order valence-corrected chi connectivity index (χ0v) is 11.7. The quantitative estimate of drug-likeness (QED) is 0.867. The maximum atomic E-state index is 5.96. The van der Waals surface area contributed by atoms with E-state index in [9.17, 15) is 0 Å². The molecule has 0 aliphatic carbocycles. The Morgan fingerprint density at radius 3 is 2.53 bits per heavy atom. The molecule has 1 aromatic heterocycles. The number of aromatic nitrogens is 2. The number of nitrogens with two attached hydrogens (primary N) is 1. The molecule has 4 heteroatoms. The Morgan fingerprint density at radius 2 is 1.95 bits per heavy atom. The van der Waals surface area contributed by atoms with Gasteiger partial charge in [-0.05, 0) is 17.0 Å². The van der Waals surface area contributed by atoms with Crippen LogP contribution in [0.5, 0.6) is 0 Å². The normalized spacial score (nSPS) is 11.2. The van der Waals surface area contributed by atoms with Gasteiger partial charge in [-0.3, -0.25) is 5.10 Å². The molecule has 1 heterocycles. The topological polar surface area (TPSA) is 63.9 Å². The summed E-state index contributed by atoms with van der Waals surface area (Å²) in [5, 5.41) is 7.09. The van der Waals surface area contributed by atoms with Gasteiger partial charge in [-0.1, -0.05) is 38.1 Å². The number of ether oxygens (including phenoxy) is 1. The van der Waals surface area contributed by atoms with Crippen molar-refractivity contribution in [2.75, 3.05) is 19.5 Å². The highest BCUT2D eigenvalue weighted by Crippen LogP contribution is 2.29. The predicted octanol–water partition coefficient (Wildman–Crippen LogP) is 2.97. The minimum absolute atomic E-state index is 0.531. The van der Waals surface area contributed by atoms with E-state index in [-0.39, 0.29) is 0 Å². The SMILES string of the molecule is COCCc1[nH]nc(N)c1-c1ccc(C(C)C)cc1. The van der Waals surface area contributed by atoms with E-state index >= 15 is 0 Å². The molecule has 0 aliphatic heterocycles. The summed E-state index contributed by atoms with van der Waals surface area (Å²) in [6.45, 7) is 5.02. The molecule has 2 aromatic rings. The van der Waals surface area contributed by atoms with Crippen molar-refractivity contribution < 1.29 is 4.74 Å². The van der Waals surface area contributed by atoms with Crippen LogP contribution in [0.25, 0.3) is 11.1 Å². The lowest BCUT2D eigenvalue weighted by Crippen LogP contribution is -1.97. The number of H-pyrrole nitrogens is 1. The van der Waals surface area contributed by atoms with Crippen LogP contribution >= 0.6 is 0 Å². The Labute approximate surface area is 114 Å². The van der Waals surface area contributed by atoms with Crippen LogP contribution in [0.1, 0.15) is 31.0 Å². The molecule has 0 aliphatic rings. The van der Waals surface area contributed by atoms with Gasteiger partial charge in [0.1, 0.15) is 0 Å². The molecule has 102 valence electrons. The second-order valence-electron chi connectivity index (χ2n) is 4.98.